The van der Waals surface area contributed by atoms with E-state index in [1.807, 2.05) is 36.4 Å². The second-order valence-corrected chi connectivity index (χ2v) is 5.55. The Morgan fingerprint density at radius 2 is 1.85 bits per heavy atom. The predicted molar refractivity (Wildman–Crippen MR) is 97.8 cm³/mol. The first-order chi connectivity index (χ1) is 12.8. The smallest absolute Gasteiger partial charge is 0.320 e. The number of phenols is 1. The maximum absolute atomic E-state index is 9.86. The molecule has 0 saturated heterocycles. The predicted octanol–water partition coefficient (Wildman–Crippen LogP) is 3.39. The number of nitrogens with one attached hydrogen (secondary N) is 1. The number of phenolic OH excluding ortho intramolecular Hbond substituents is 1. The Balaban J connectivity index is 1.63. The van der Waals surface area contributed by atoms with Gasteiger partial charge in [-0.2, -0.15) is 15.1 Å². The van der Waals surface area contributed by atoms with Crippen LogP contribution in [0, 0.1) is 0 Å². The molecule has 0 unspecified atom stereocenters. The molecule has 0 spiro atoms. The largest absolute Gasteiger partial charge is 0.507 e. The summed E-state index contributed by atoms with van der Waals surface area (Å²) in [5.74, 6) is 0.560. The van der Waals surface area contributed by atoms with Crippen molar-refractivity contribution in [2.45, 2.75) is 6.61 Å². The SMILES string of the molecule is Oc1ccccc1C=Nc1nc(OCc2ccccc2)nc2[nH]ncc12. The zero-order chi connectivity index (χ0) is 17.8. The zero-order valence-electron chi connectivity index (χ0n) is 13.7. The second kappa shape index (κ2) is 7.02. The van der Waals surface area contributed by atoms with Crippen LogP contribution < -0.4 is 4.74 Å². The Morgan fingerprint density at radius 1 is 1.04 bits per heavy atom. The molecule has 4 aromatic rings. The van der Waals surface area contributed by atoms with E-state index in [1.54, 1.807) is 30.6 Å². The van der Waals surface area contributed by atoms with Crippen LogP contribution in [0.15, 0.2) is 65.8 Å². The van der Waals surface area contributed by atoms with Crippen LogP contribution in [0.25, 0.3) is 11.0 Å². The molecular weight excluding hydrogens is 330 g/mol. The average molecular weight is 345 g/mol. The molecule has 2 aromatic carbocycles. The lowest BCUT2D eigenvalue weighted by atomic mass is 10.2. The monoisotopic (exact) mass is 345 g/mol. The Kier molecular flexibility index (Phi) is 4.26. The van der Waals surface area contributed by atoms with Crippen LogP contribution in [0.2, 0.25) is 0 Å². The lowest BCUT2D eigenvalue weighted by Gasteiger charge is -2.05. The van der Waals surface area contributed by atoms with Crippen LogP contribution in [-0.2, 0) is 6.61 Å². The van der Waals surface area contributed by atoms with Crippen LogP contribution in [0.1, 0.15) is 11.1 Å². The van der Waals surface area contributed by atoms with Crippen molar-refractivity contribution >= 4 is 23.1 Å². The third kappa shape index (κ3) is 3.36. The third-order valence-corrected chi connectivity index (χ3v) is 3.74. The van der Waals surface area contributed by atoms with Crippen molar-refractivity contribution in [3.63, 3.8) is 0 Å². The number of hydrogen-bond donors (Lipinski definition) is 2. The van der Waals surface area contributed by atoms with Crippen molar-refractivity contribution < 1.29 is 9.84 Å². The van der Waals surface area contributed by atoms with Crippen LogP contribution in [0.4, 0.5) is 5.82 Å². The van der Waals surface area contributed by atoms with E-state index in [0.29, 0.717) is 29.0 Å². The molecule has 0 aliphatic heterocycles. The number of rotatable bonds is 5. The molecule has 2 aromatic heterocycles. The van der Waals surface area contributed by atoms with Gasteiger partial charge >= 0.3 is 6.01 Å². The maximum atomic E-state index is 9.86. The first-order valence-corrected chi connectivity index (χ1v) is 7.99. The summed E-state index contributed by atoms with van der Waals surface area (Å²) in [7, 11) is 0. The number of H-pyrrole nitrogens is 1. The Morgan fingerprint density at radius 3 is 2.69 bits per heavy atom. The normalized spacial score (nSPS) is 11.2. The zero-order valence-corrected chi connectivity index (χ0v) is 13.7. The minimum absolute atomic E-state index is 0.147. The van der Waals surface area contributed by atoms with E-state index in [2.05, 4.69) is 25.2 Å². The van der Waals surface area contributed by atoms with E-state index < -0.39 is 0 Å². The highest BCUT2D eigenvalue weighted by molar-refractivity contribution is 5.90. The van der Waals surface area contributed by atoms with E-state index in [-0.39, 0.29) is 11.8 Å². The highest BCUT2D eigenvalue weighted by Crippen LogP contribution is 2.24. The minimum Gasteiger partial charge on any atom is -0.507 e. The summed E-state index contributed by atoms with van der Waals surface area (Å²) in [4.78, 5) is 13.0. The van der Waals surface area contributed by atoms with E-state index in [0.717, 1.165) is 5.56 Å². The highest BCUT2D eigenvalue weighted by Gasteiger charge is 2.10. The molecule has 26 heavy (non-hydrogen) atoms. The van der Waals surface area contributed by atoms with Crippen LogP contribution in [0.3, 0.4) is 0 Å². The Labute approximate surface area is 149 Å². The highest BCUT2D eigenvalue weighted by atomic mass is 16.5. The number of fused-ring (bicyclic) bond motifs is 1. The number of hydrogen-bond acceptors (Lipinski definition) is 6. The van der Waals surface area contributed by atoms with E-state index in [4.69, 9.17) is 4.74 Å². The molecule has 0 aliphatic carbocycles. The quantitative estimate of drug-likeness (QED) is 0.541. The van der Waals surface area contributed by atoms with Gasteiger partial charge in [0.1, 0.15) is 12.4 Å². The Hall–Kier alpha value is -3.74. The van der Waals surface area contributed by atoms with Crippen LogP contribution >= 0.6 is 0 Å². The fourth-order valence-corrected chi connectivity index (χ4v) is 2.41. The average Bonchev–Trinajstić information content (AvgIpc) is 3.15. The molecule has 0 aliphatic rings. The topological polar surface area (TPSA) is 96.3 Å². The summed E-state index contributed by atoms with van der Waals surface area (Å²) >= 11 is 0. The van der Waals surface area contributed by atoms with Crippen molar-refractivity contribution in [2.24, 2.45) is 4.99 Å². The standard InChI is InChI=1S/C19H15N5O2/c25-16-9-5-4-8-14(16)10-20-17-15-11-21-24-18(15)23-19(22-17)26-12-13-6-2-1-3-7-13/h1-11,25H,12H2,(H,21,22,23,24). The van der Waals surface area contributed by atoms with Crippen molar-refractivity contribution in [1.82, 2.24) is 20.2 Å². The fraction of sp³-hybridized carbons (Fsp3) is 0.0526. The number of benzene rings is 2. The van der Waals surface area contributed by atoms with Gasteiger partial charge in [-0.15, -0.1) is 0 Å². The van der Waals surface area contributed by atoms with Gasteiger partial charge in [-0.25, -0.2) is 4.99 Å². The van der Waals surface area contributed by atoms with Gasteiger partial charge in [-0.05, 0) is 17.7 Å². The molecule has 4 rings (SSSR count). The second-order valence-electron chi connectivity index (χ2n) is 5.55. The molecule has 128 valence electrons. The summed E-state index contributed by atoms with van der Waals surface area (Å²) in [6.45, 7) is 0.350. The summed E-state index contributed by atoms with van der Waals surface area (Å²) in [6.07, 6.45) is 3.15. The molecular formula is C19H15N5O2. The summed E-state index contributed by atoms with van der Waals surface area (Å²) in [6, 6.07) is 16.9. The minimum atomic E-state index is 0.147. The molecule has 0 amide bonds. The van der Waals surface area contributed by atoms with Gasteiger partial charge < -0.3 is 9.84 Å². The number of aromatic nitrogens is 4. The first-order valence-electron chi connectivity index (χ1n) is 7.99. The van der Waals surface area contributed by atoms with Gasteiger partial charge in [-0.1, -0.05) is 42.5 Å². The molecule has 0 fully saturated rings. The molecule has 2 heterocycles. The van der Waals surface area contributed by atoms with Crippen molar-refractivity contribution in [3.8, 4) is 11.8 Å². The van der Waals surface area contributed by atoms with Crippen molar-refractivity contribution in [1.29, 1.82) is 0 Å². The molecule has 0 radical (unpaired) electrons. The molecule has 2 N–H and O–H groups in total. The lowest BCUT2D eigenvalue weighted by Crippen LogP contribution is -1.99. The van der Waals surface area contributed by atoms with Crippen LogP contribution in [0.5, 0.6) is 11.8 Å². The van der Waals surface area contributed by atoms with Gasteiger partial charge in [0.05, 0.1) is 11.6 Å². The molecule has 7 nitrogen and oxygen atoms in total. The molecule has 0 bridgehead atoms. The first kappa shape index (κ1) is 15.8. The number of aliphatic imine (C=N–C) groups is 1. The summed E-state index contributed by atoms with van der Waals surface area (Å²) in [5, 5.41) is 17.3. The number of ether oxygens (including phenoxy) is 1. The van der Waals surface area contributed by atoms with Crippen LogP contribution in [-0.4, -0.2) is 31.5 Å². The Bertz CT molecular complexity index is 1060. The number of para-hydroxylation sites is 1. The maximum Gasteiger partial charge on any atom is 0.320 e. The van der Waals surface area contributed by atoms with E-state index in [9.17, 15) is 5.11 Å². The molecule has 7 heteroatoms. The van der Waals surface area contributed by atoms with Crippen molar-refractivity contribution in [2.75, 3.05) is 0 Å². The van der Waals surface area contributed by atoms with Gasteiger partial charge in [0, 0.05) is 11.8 Å². The van der Waals surface area contributed by atoms with Crippen molar-refractivity contribution in [3.05, 3.63) is 71.9 Å². The van der Waals surface area contributed by atoms with Gasteiger partial charge in [0.25, 0.3) is 0 Å². The third-order valence-electron chi connectivity index (χ3n) is 3.74. The van der Waals surface area contributed by atoms with E-state index in [1.165, 1.54) is 0 Å². The fourth-order valence-electron chi connectivity index (χ4n) is 2.41. The summed E-state index contributed by atoms with van der Waals surface area (Å²) in [5.41, 5.74) is 2.14. The summed E-state index contributed by atoms with van der Waals surface area (Å²) < 4.78 is 5.69. The van der Waals surface area contributed by atoms with E-state index >= 15 is 0 Å². The number of nitrogens with zero attached hydrogens (tertiary/aromatic N) is 4. The van der Waals surface area contributed by atoms with Gasteiger partial charge in [-0.3, -0.25) is 5.10 Å². The lowest BCUT2D eigenvalue weighted by molar-refractivity contribution is 0.282. The number of aromatic hydroxyl groups is 1. The molecule has 0 atom stereocenters. The van der Waals surface area contributed by atoms with Gasteiger partial charge in [0.2, 0.25) is 0 Å². The number of aromatic amines is 1. The van der Waals surface area contributed by atoms with Gasteiger partial charge in [0.15, 0.2) is 11.5 Å². The molecule has 0 saturated carbocycles.